The Morgan fingerprint density at radius 3 is 2.75 bits per heavy atom. The van der Waals surface area contributed by atoms with Gasteiger partial charge in [-0.25, -0.2) is 4.79 Å². The number of fused-ring (bicyclic) bond motifs is 1. The van der Waals surface area contributed by atoms with E-state index >= 15 is 0 Å². The summed E-state index contributed by atoms with van der Waals surface area (Å²) in [6.45, 7) is 12.0. The molecule has 0 saturated heterocycles. The predicted octanol–water partition coefficient (Wildman–Crippen LogP) is 5.22. The molecule has 2 fully saturated rings. The first kappa shape index (κ1) is 19.2. The Labute approximate surface area is 147 Å². The summed E-state index contributed by atoms with van der Waals surface area (Å²) in [6.07, 6.45) is 9.29. The van der Waals surface area contributed by atoms with Gasteiger partial charge in [0, 0.05) is 13.2 Å². The van der Waals surface area contributed by atoms with Gasteiger partial charge in [-0.2, -0.15) is 0 Å². The standard InChI is InChI=1S/C21H34O3/c1-15(13-19(22)23)7-9-17-16(2)8-10-18-20(3,14-24-5)11-6-12-21(17,18)4/h13,17-18H,2,6-12,14H2,1,3-5H3,(H,22,23)/b15-13+/t17-,18+,20+,21+/m0/s1. The Morgan fingerprint density at radius 2 is 2.12 bits per heavy atom. The summed E-state index contributed by atoms with van der Waals surface area (Å²) in [6, 6.07) is 0. The number of allylic oxidation sites excluding steroid dienone is 2. The van der Waals surface area contributed by atoms with Gasteiger partial charge in [0.25, 0.3) is 0 Å². The summed E-state index contributed by atoms with van der Waals surface area (Å²) in [5.74, 6) is 0.312. The highest BCUT2D eigenvalue weighted by Crippen LogP contribution is 2.62. The summed E-state index contributed by atoms with van der Waals surface area (Å²) in [5.41, 5.74) is 2.85. The molecule has 3 nitrogen and oxygen atoms in total. The van der Waals surface area contributed by atoms with Crippen molar-refractivity contribution in [2.45, 2.75) is 65.7 Å². The van der Waals surface area contributed by atoms with Crippen LogP contribution in [0.5, 0.6) is 0 Å². The second-order valence-corrected chi connectivity index (χ2v) is 8.62. The van der Waals surface area contributed by atoms with Gasteiger partial charge in [-0.15, -0.1) is 0 Å². The molecule has 0 spiro atoms. The molecule has 0 radical (unpaired) electrons. The van der Waals surface area contributed by atoms with Crippen LogP contribution in [0, 0.1) is 22.7 Å². The van der Waals surface area contributed by atoms with Crippen molar-refractivity contribution < 1.29 is 14.6 Å². The third-order valence-electron chi connectivity index (χ3n) is 6.81. The molecule has 2 aliphatic rings. The molecule has 2 aliphatic carbocycles. The minimum Gasteiger partial charge on any atom is -0.478 e. The van der Waals surface area contributed by atoms with Crippen molar-refractivity contribution in [2.24, 2.45) is 22.7 Å². The Hall–Kier alpha value is -1.09. The second kappa shape index (κ2) is 7.43. The van der Waals surface area contributed by atoms with Crippen molar-refractivity contribution in [3.8, 4) is 0 Å². The van der Waals surface area contributed by atoms with Gasteiger partial charge in [0.15, 0.2) is 0 Å². The number of carbonyl (C=O) groups is 1. The van der Waals surface area contributed by atoms with Crippen molar-refractivity contribution in [1.29, 1.82) is 0 Å². The van der Waals surface area contributed by atoms with Crippen LogP contribution in [0.2, 0.25) is 0 Å². The van der Waals surface area contributed by atoms with Crippen LogP contribution in [-0.4, -0.2) is 24.8 Å². The molecule has 4 atom stereocenters. The topological polar surface area (TPSA) is 46.5 Å². The van der Waals surface area contributed by atoms with E-state index in [-0.39, 0.29) is 10.8 Å². The van der Waals surface area contributed by atoms with Gasteiger partial charge in [0.2, 0.25) is 0 Å². The van der Waals surface area contributed by atoms with Gasteiger partial charge in [0.05, 0.1) is 6.61 Å². The van der Waals surface area contributed by atoms with Gasteiger partial charge in [-0.3, -0.25) is 0 Å². The fourth-order valence-corrected chi connectivity index (χ4v) is 5.77. The quantitative estimate of drug-likeness (QED) is 0.535. The minimum atomic E-state index is -0.843. The monoisotopic (exact) mass is 334 g/mol. The van der Waals surface area contributed by atoms with Crippen LogP contribution in [0.15, 0.2) is 23.8 Å². The SMILES string of the molecule is C=C1CC[C@@H]2[C@@](C)(COC)CCC[C@]2(C)[C@H]1CC/C(C)=C/C(=O)O. The first-order valence-corrected chi connectivity index (χ1v) is 9.29. The molecular formula is C21H34O3. The zero-order valence-corrected chi connectivity index (χ0v) is 15.9. The Morgan fingerprint density at radius 1 is 1.42 bits per heavy atom. The molecular weight excluding hydrogens is 300 g/mol. The average Bonchev–Trinajstić information content (AvgIpc) is 2.45. The van der Waals surface area contributed by atoms with Crippen LogP contribution in [0.3, 0.4) is 0 Å². The van der Waals surface area contributed by atoms with E-state index in [4.69, 9.17) is 9.84 Å². The highest BCUT2D eigenvalue weighted by molar-refractivity contribution is 5.80. The molecule has 0 aromatic heterocycles. The molecule has 0 aliphatic heterocycles. The summed E-state index contributed by atoms with van der Waals surface area (Å²) >= 11 is 0. The van der Waals surface area contributed by atoms with Gasteiger partial charge < -0.3 is 9.84 Å². The molecule has 0 bridgehead atoms. The molecule has 3 heteroatoms. The van der Waals surface area contributed by atoms with Crippen molar-refractivity contribution in [2.75, 3.05) is 13.7 Å². The third kappa shape index (κ3) is 3.77. The number of rotatable bonds is 6. The lowest BCUT2D eigenvalue weighted by atomic mass is 9.47. The number of ether oxygens (including phenoxy) is 1. The molecule has 0 aromatic carbocycles. The highest BCUT2D eigenvalue weighted by atomic mass is 16.5. The van der Waals surface area contributed by atoms with Crippen LogP contribution < -0.4 is 0 Å². The van der Waals surface area contributed by atoms with Crippen molar-refractivity contribution >= 4 is 5.97 Å². The summed E-state index contributed by atoms with van der Waals surface area (Å²) in [5, 5.41) is 8.93. The lowest BCUT2D eigenvalue weighted by Gasteiger charge is -2.58. The van der Waals surface area contributed by atoms with Crippen molar-refractivity contribution in [3.63, 3.8) is 0 Å². The zero-order valence-electron chi connectivity index (χ0n) is 15.9. The first-order chi connectivity index (χ1) is 11.2. The Bertz CT molecular complexity index is 517. The average molecular weight is 334 g/mol. The number of carboxylic acids is 1. The third-order valence-corrected chi connectivity index (χ3v) is 6.81. The van der Waals surface area contributed by atoms with E-state index in [0.29, 0.717) is 11.8 Å². The molecule has 136 valence electrons. The lowest BCUT2D eigenvalue weighted by molar-refractivity contribution is -0.131. The molecule has 0 heterocycles. The molecule has 2 rings (SSSR count). The largest absolute Gasteiger partial charge is 0.478 e. The molecule has 24 heavy (non-hydrogen) atoms. The maximum Gasteiger partial charge on any atom is 0.328 e. The van der Waals surface area contributed by atoms with Crippen molar-refractivity contribution in [1.82, 2.24) is 0 Å². The molecule has 0 unspecified atom stereocenters. The number of aliphatic carboxylic acids is 1. The fraction of sp³-hybridized carbons (Fsp3) is 0.762. The lowest BCUT2D eigenvalue weighted by Crippen LogP contribution is -2.52. The summed E-state index contributed by atoms with van der Waals surface area (Å²) < 4.78 is 5.59. The molecule has 0 amide bonds. The predicted molar refractivity (Wildman–Crippen MR) is 97.9 cm³/mol. The van der Waals surface area contributed by atoms with E-state index in [0.717, 1.165) is 31.4 Å². The second-order valence-electron chi connectivity index (χ2n) is 8.62. The fourth-order valence-electron chi connectivity index (χ4n) is 5.77. The van der Waals surface area contributed by atoms with Gasteiger partial charge in [-0.1, -0.05) is 38.0 Å². The number of hydrogen-bond donors (Lipinski definition) is 1. The van der Waals surface area contributed by atoms with Crippen LogP contribution in [0.1, 0.15) is 65.7 Å². The molecule has 1 N–H and O–H groups in total. The molecule has 0 aromatic rings. The van der Waals surface area contributed by atoms with Crippen LogP contribution in [-0.2, 0) is 9.53 Å². The maximum atomic E-state index is 10.9. The Balaban J connectivity index is 2.20. The van der Waals surface area contributed by atoms with Gasteiger partial charge in [-0.05, 0) is 68.1 Å². The van der Waals surface area contributed by atoms with Gasteiger partial charge in [0.1, 0.15) is 0 Å². The zero-order chi connectivity index (χ0) is 18.0. The Kier molecular flexibility index (Phi) is 5.95. The van der Waals surface area contributed by atoms with E-state index in [1.807, 2.05) is 14.0 Å². The summed E-state index contributed by atoms with van der Waals surface area (Å²) in [7, 11) is 1.82. The van der Waals surface area contributed by atoms with E-state index in [9.17, 15) is 4.79 Å². The minimum absolute atomic E-state index is 0.257. The normalized spacial score (nSPS) is 37.2. The summed E-state index contributed by atoms with van der Waals surface area (Å²) in [4.78, 5) is 10.9. The maximum absolute atomic E-state index is 10.9. The smallest absolute Gasteiger partial charge is 0.328 e. The number of methoxy groups -OCH3 is 1. The van der Waals surface area contributed by atoms with E-state index < -0.39 is 5.97 Å². The van der Waals surface area contributed by atoms with E-state index in [1.54, 1.807) is 0 Å². The van der Waals surface area contributed by atoms with Crippen LogP contribution in [0.25, 0.3) is 0 Å². The van der Waals surface area contributed by atoms with Gasteiger partial charge >= 0.3 is 5.97 Å². The van der Waals surface area contributed by atoms with E-state index in [1.165, 1.54) is 37.3 Å². The van der Waals surface area contributed by atoms with Crippen LogP contribution >= 0.6 is 0 Å². The molecule has 2 saturated carbocycles. The van der Waals surface area contributed by atoms with Crippen molar-refractivity contribution in [3.05, 3.63) is 23.8 Å². The number of carboxylic acid groups (broad SMARTS) is 1. The highest BCUT2D eigenvalue weighted by Gasteiger charge is 2.54. The number of hydrogen-bond acceptors (Lipinski definition) is 2. The van der Waals surface area contributed by atoms with E-state index in [2.05, 4.69) is 20.4 Å². The van der Waals surface area contributed by atoms with Crippen LogP contribution in [0.4, 0.5) is 0 Å². The first-order valence-electron chi connectivity index (χ1n) is 9.29.